The van der Waals surface area contributed by atoms with Crippen molar-refractivity contribution in [2.45, 2.75) is 37.1 Å². The Labute approximate surface area is 183 Å². The van der Waals surface area contributed by atoms with Gasteiger partial charge in [0.2, 0.25) is 10.0 Å². The summed E-state index contributed by atoms with van der Waals surface area (Å²) in [4.78, 5) is 12.8. The summed E-state index contributed by atoms with van der Waals surface area (Å²) in [5, 5.41) is 0. The van der Waals surface area contributed by atoms with Crippen LogP contribution < -0.4 is 0 Å². The molecule has 0 amide bonds. The first-order valence-electron chi connectivity index (χ1n) is 10.0. The van der Waals surface area contributed by atoms with Crippen molar-refractivity contribution in [3.05, 3.63) is 77.9 Å². The number of hydrogen-bond acceptors (Lipinski definition) is 6. The van der Waals surface area contributed by atoms with Gasteiger partial charge in [0.1, 0.15) is 12.3 Å². The van der Waals surface area contributed by atoms with Crippen LogP contribution in [0, 0.1) is 6.92 Å². The van der Waals surface area contributed by atoms with Crippen molar-refractivity contribution in [2.75, 3.05) is 20.3 Å². The average Bonchev–Trinajstić information content (AvgIpc) is 2.76. The highest BCUT2D eigenvalue weighted by molar-refractivity contribution is 7.89. The maximum absolute atomic E-state index is 13.6. The summed E-state index contributed by atoms with van der Waals surface area (Å²) in [7, 11) is -2.50. The molecular formula is C23H27NO6S. The predicted molar refractivity (Wildman–Crippen MR) is 116 cm³/mol. The van der Waals surface area contributed by atoms with E-state index in [4.69, 9.17) is 14.2 Å². The number of carbonyl (C=O) groups excluding carboxylic acids is 1. The van der Waals surface area contributed by atoms with Crippen LogP contribution in [0.1, 0.15) is 22.8 Å². The maximum atomic E-state index is 13.6. The van der Waals surface area contributed by atoms with Gasteiger partial charge in [-0.3, -0.25) is 0 Å². The first-order chi connectivity index (χ1) is 14.9. The molecule has 0 radical (unpaired) electrons. The number of esters is 1. The minimum atomic E-state index is -3.97. The van der Waals surface area contributed by atoms with E-state index in [1.165, 1.54) is 11.4 Å². The zero-order chi connectivity index (χ0) is 22.4. The molecule has 0 aliphatic carbocycles. The van der Waals surface area contributed by atoms with E-state index < -0.39 is 34.4 Å². The molecule has 0 aromatic heterocycles. The lowest BCUT2D eigenvalue weighted by Crippen LogP contribution is -2.57. The fourth-order valence-electron chi connectivity index (χ4n) is 3.42. The molecule has 3 rings (SSSR count). The molecule has 31 heavy (non-hydrogen) atoms. The number of ether oxygens (including phenoxy) is 3. The largest absolute Gasteiger partial charge is 0.453 e. The lowest BCUT2D eigenvalue weighted by Gasteiger charge is -2.40. The van der Waals surface area contributed by atoms with Crippen molar-refractivity contribution < 1.29 is 27.4 Å². The second kappa shape index (κ2) is 10.2. The van der Waals surface area contributed by atoms with E-state index in [1.807, 2.05) is 6.92 Å². The standard InChI is InChI=1S/C23H27NO6S/c1-4-29-22-15-14-21(30-23(25)18-8-6-5-7-9-18)20(16-28-3)24(22)31(26,27)19-12-10-17(2)11-13-19/h5-15,20-22H,4,16H2,1-3H3/t20-,21+,22-/m0/s1. The highest BCUT2D eigenvalue weighted by Crippen LogP contribution is 2.29. The zero-order valence-electron chi connectivity index (χ0n) is 17.8. The van der Waals surface area contributed by atoms with Gasteiger partial charge in [0.15, 0.2) is 0 Å². The van der Waals surface area contributed by atoms with Gasteiger partial charge < -0.3 is 14.2 Å². The summed E-state index contributed by atoms with van der Waals surface area (Å²) in [6.45, 7) is 4.00. The van der Waals surface area contributed by atoms with Crippen LogP contribution in [0.4, 0.5) is 0 Å². The van der Waals surface area contributed by atoms with Crippen LogP contribution in [-0.4, -0.2) is 57.4 Å². The van der Waals surface area contributed by atoms with Crippen LogP contribution in [0.2, 0.25) is 0 Å². The minimum absolute atomic E-state index is 0.0196. The maximum Gasteiger partial charge on any atom is 0.338 e. The Bertz CT molecular complexity index is 1000. The third-order valence-corrected chi connectivity index (χ3v) is 6.85. The van der Waals surface area contributed by atoms with Crippen LogP contribution in [-0.2, 0) is 24.2 Å². The van der Waals surface area contributed by atoms with Crippen molar-refractivity contribution in [3.8, 4) is 0 Å². The summed E-state index contributed by atoms with van der Waals surface area (Å²) in [5.41, 5.74) is 1.33. The second-order valence-electron chi connectivity index (χ2n) is 7.14. The zero-order valence-corrected chi connectivity index (χ0v) is 18.6. The average molecular weight is 446 g/mol. The van der Waals surface area contributed by atoms with E-state index >= 15 is 0 Å². The van der Waals surface area contributed by atoms with Gasteiger partial charge in [0, 0.05) is 13.7 Å². The van der Waals surface area contributed by atoms with E-state index in [2.05, 4.69) is 0 Å². The predicted octanol–water partition coefficient (Wildman–Crippen LogP) is 3.16. The van der Waals surface area contributed by atoms with E-state index in [9.17, 15) is 13.2 Å². The van der Waals surface area contributed by atoms with Gasteiger partial charge in [-0.05, 0) is 50.3 Å². The summed E-state index contributed by atoms with van der Waals surface area (Å²) < 4.78 is 45.1. The highest BCUT2D eigenvalue weighted by atomic mass is 32.2. The number of benzene rings is 2. The Morgan fingerprint density at radius 1 is 1.03 bits per heavy atom. The quantitative estimate of drug-likeness (QED) is 0.459. The van der Waals surface area contributed by atoms with Gasteiger partial charge in [-0.15, -0.1) is 0 Å². The van der Waals surface area contributed by atoms with Gasteiger partial charge in [-0.25, -0.2) is 13.2 Å². The Hall–Kier alpha value is -2.52. The van der Waals surface area contributed by atoms with Gasteiger partial charge in [0.05, 0.1) is 23.1 Å². The molecular weight excluding hydrogens is 418 g/mol. The van der Waals surface area contributed by atoms with Crippen molar-refractivity contribution >= 4 is 16.0 Å². The normalized spacial score (nSPS) is 21.7. The van der Waals surface area contributed by atoms with Crippen molar-refractivity contribution in [2.24, 2.45) is 0 Å². The molecule has 0 bridgehead atoms. The topological polar surface area (TPSA) is 82.1 Å². The van der Waals surface area contributed by atoms with E-state index in [0.29, 0.717) is 12.2 Å². The molecule has 1 heterocycles. The molecule has 1 aliphatic heterocycles. The van der Waals surface area contributed by atoms with Crippen molar-refractivity contribution in [1.82, 2.24) is 4.31 Å². The number of methoxy groups -OCH3 is 1. The number of aryl methyl sites for hydroxylation is 1. The Balaban J connectivity index is 1.98. The molecule has 2 aromatic rings. The molecule has 1 aliphatic rings. The van der Waals surface area contributed by atoms with Gasteiger partial charge >= 0.3 is 5.97 Å². The smallest absolute Gasteiger partial charge is 0.338 e. The SMILES string of the molecule is CCO[C@H]1C=C[C@@H](OC(=O)c2ccccc2)[C@H](COC)N1S(=O)(=O)c1ccc(C)cc1. The van der Waals surface area contributed by atoms with Crippen LogP contribution >= 0.6 is 0 Å². The van der Waals surface area contributed by atoms with Crippen molar-refractivity contribution in [3.63, 3.8) is 0 Å². The molecule has 8 heteroatoms. The number of hydrogen-bond donors (Lipinski definition) is 0. The fraction of sp³-hybridized carbons (Fsp3) is 0.348. The summed E-state index contributed by atoms with van der Waals surface area (Å²) in [6, 6.07) is 14.3. The summed E-state index contributed by atoms with van der Waals surface area (Å²) in [5.74, 6) is -0.543. The monoisotopic (exact) mass is 445 g/mol. The van der Waals surface area contributed by atoms with Crippen LogP contribution in [0.5, 0.6) is 0 Å². The van der Waals surface area contributed by atoms with Crippen LogP contribution in [0.15, 0.2) is 71.6 Å². The van der Waals surface area contributed by atoms with Gasteiger partial charge in [-0.2, -0.15) is 4.31 Å². The Morgan fingerprint density at radius 3 is 2.32 bits per heavy atom. The third-order valence-electron chi connectivity index (χ3n) is 4.95. The first kappa shape index (κ1) is 23.1. The molecule has 0 fully saturated rings. The summed E-state index contributed by atoms with van der Waals surface area (Å²) in [6.07, 6.45) is 1.57. The lowest BCUT2D eigenvalue weighted by atomic mass is 10.1. The molecule has 0 unspecified atom stereocenters. The third kappa shape index (κ3) is 5.22. The molecule has 0 saturated carbocycles. The Morgan fingerprint density at radius 2 is 1.71 bits per heavy atom. The fourth-order valence-corrected chi connectivity index (χ4v) is 5.09. The molecule has 2 aromatic carbocycles. The number of carbonyl (C=O) groups is 1. The Kier molecular flexibility index (Phi) is 7.61. The second-order valence-corrected chi connectivity index (χ2v) is 8.98. The number of sulfonamides is 1. The number of rotatable bonds is 8. The number of nitrogens with zero attached hydrogens (tertiary/aromatic N) is 1. The molecule has 0 saturated heterocycles. The first-order valence-corrected chi connectivity index (χ1v) is 11.5. The molecule has 0 N–H and O–H groups in total. The van der Waals surface area contributed by atoms with Gasteiger partial charge in [0.25, 0.3) is 0 Å². The van der Waals surface area contributed by atoms with E-state index in [1.54, 1.807) is 73.7 Å². The minimum Gasteiger partial charge on any atom is -0.453 e. The lowest BCUT2D eigenvalue weighted by molar-refractivity contribution is -0.0532. The van der Waals surface area contributed by atoms with E-state index in [0.717, 1.165) is 5.56 Å². The highest BCUT2D eigenvalue weighted by Gasteiger charge is 2.44. The molecule has 7 nitrogen and oxygen atoms in total. The summed E-state index contributed by atoms with van der Waals surface area (Å²) >= 11 is 0. The molecule has 166 valence electrons. The van der Waals surface area contributed by atoms with E-state index in [-0.39, 0.29) is 11.5 Å². The van der Waals surface area contributed by atoms with Crippen LogP contribution in [0.3, 0.4) is 0 Å². The molecule has 0 spiro atoms. The molecule has 3 atom stereocenters. The van der Waals surface area contributed by atoms with Crippen molar-refractivity contribution in [1.29, 1.82) is 0 Å². The van der Waals surface area contributed by atoms with Gasteiger partial charge in [-0.1, -0.05) is 35.9 Å². The van der Waals surface area contributed by atoms with Crippen LogP contribution in [0.25, 0.3) is 0 Å².